The monoisotopic (exact) mass is 477 g/mol. The Balaban J connectivity index is 1.60. The molecule has 172 valence electrons. The third-order valence-corrected chi connectivity index (χ3v) is 7.23. The van der Waals surface area contributed by atoms with Crippen LogP contribution in [0.2, 0.25) is 5.02 Å². The van der Waals surface area contributed by atoms with Crippen molar-refractivity contribution >= 4 is 33.4 Å². The second-order valence-corrected chi connectivity index (χ2v) is 10.4. The summed E-state index contributed by atoms with van der Waals surface area (Å²) >= 11 is 5.85. The van der Waals surface area contributed by atoms with E-state index in [9.17, 15) is 18.0 Å². The lowest BCUT2D eigenvalue weighted by Crippen LogP contribution is -2.54. The average molecular weight is 478 g/mol. The molecule has 0 aromatic heterocycles. The van der Waals surface area contributed by atoms with Crippen molar-refractivity contribution in [1.82, 2.24) is 14.9 Å². The number of hydrogen-bond acceptors (Lipinski definition) is 4. The quantitative estimate of drug-likeness (QED) is 0.640. The Labute approximate surface area is 194 Å². The predicted octanol–water partition coefficient (Wildman–Crippen LogP) is 3.06. The molecule has 0 bridgehead atoms. The van der Waals surface area contributed by atoms with Crippen molar-refractivity contribution in [3.8, 4) is 0 Å². The van der Waals surface area contributed by atoms with E-state index in [2.05, 4.69) is 10.0 Å². The first-order chi connectivity index (χ1) is 15.2. The van der Waals surface area contributed by atoms with Crippen LogP contribution in [-0.2, 0) is 14.8 Å². The number of benzene rings is 2. The molecule has 2 amide bonds. The Hall–Kier alpha value is -2.42. The van der Waals surface area contributed by atoms with E-state index in [0.717, 1.165) is 0 Å². The van der Waals surface area contributed by atoms with Gasteiger partial charge < -0.3 is 10.2 Å². The highest BCUT2D eigenvalue weighted by molar-refractivity contribution is 7.89. The smallest absolute Gasteiger partial charge is 0.251 e. The molecule has 0 aliphatic carbocycles. The van der Waals surface area contributed by atoms with Gasteiger partial charge in [0.05, 0.1) is 4.90 Å². The number of piperidine rings is 1. The highest BCUT2D eigenvalue weighted by Crippen LogP contribution is 2.19. The SMILES string of the molecule is CC(C)C(NS(=O)(=O)c1ccc(Cl)cc1)C(=O)N1CCC(NC(=O)c2ccccc2)CC1. The van der Waals surface area contributed by atoms with Crippen LogP contribution in [0.15, 0.2) is 59.5 Å². The summed E-state index contributed by atoms with van der Waals surface area (Å²) in [5.41, 5.74) is 0.600. The lowest BCUT2D eigenvalue weighted by molar-refractivity contribution is -0.135. The molecule has 9 heteroatoms. The summed E-state index contributed by atoms with van der Waals surface area (Å²) in [5.74, 6) is -0.628. The molecule has 7 nitrogen and oxygen atoms in total. The number of nitrogens with zero attached hydrogens (tertiary/aromatic N) is 1. The summed E-state index contributed by atoms with van der Waals surface area (Å²) < 4.78 is 28.1. The third kappa shape index (κ3) is 6.09. The Bertz CT molecular complexity index is 1030. The van der Waals surface area contributed by atoms with Crippen LogP contribution >= 0.6 is 11.6 Å². The Morgan fingerprint density at radius 3 is 2.16 bits per heavy atom. The molecule has 0 spiro atoms. The molecule has 1 unspecified atom stereocenters. The highest BCUT2D eigenvalue weighted by atomic mass is 35.5. The zero-order chi connectivity index (χ0) is 23.3. The number of carbonyl (C=O) groups is 2. The number of halogens is 1. The molecule has 0 radical (unpaired) electrons. The van der Waals surface area contributed by atoms with Crippen molar-refractivity contribution in [2.75, 3.05) is 13.1 Å². The number of sulfonamides is 1. The molecule has 1 atom stereocenters. The molecule has 1 saturated heterocycles. The molecule has 1 fully saturated rings. The standard InChI is InChI=1S/C23H28ClN3O4S/c1-16(2)21(26-32(30,31)20-10-8-18(24)9-11-20)23(29)27-14-12-19(13-15-27)25-22(28)17-6-4-3-5-7-17/h3-11,16,19,21,26H,12-15H2,1-2H3,(H,25,28). The Morgan fingerprint density at radius 1 is 1.00 bits per heavy atom. The number of hydrogen-bond donors (Lipinski definition) is 2. The lowest BCUT2D eigenvalue weighted by Gasteiger charge is -2.35. The second-order valence-electron chi connectivity index (χ2n) is 8.24. The second kappa shape index (κ2) is 10.5. The van der Waals surface area contributed by atoms with Gasteiger partial charge in [-0.15, -0.1) is 0 Å². The summed E-state index contributed by atoms with van der Waals surface area (Å²) in [6.07, 6.45) is 1.22. The van der Waals surface area contributed by atoms with Gasteiger partial charge in [0, 0.05) is 29.7 Å². The molecular weight excluding hydrogens is 450 g/mol. The van der Waals surface area contributed by atoms with Crippen molar-refractivity contribution in [3.05, 3.63) is 65.2 Å². The molecule has 2 N–H and O–H groups in total. The first-order valence-electron chi connectivity index (χ1n) is 10.6. The molecule has 1 heterocycles. The molecule has 3 rings (SSSR count). The van der Waals surface area contributed by atoms with Crippen molar-refractivity contribution in [3.63, 3.8) is 0 Å². The van der Waals surface area contributed by atoms with Crippen LogP contribution in [0.1, 0.15) is 37.0 Å². The van der Waals surface area contributed by atoms with Gasteiger partial charge in [0.1, 0.15) is 6.04 Å². The van der Waals surface area contributed by atoms with E-state index in [1.807, 2.05) is 18.2 Å². The van der Waals surface area contributed by atoms with Gasteiger partial charge in [-0.3, -0.25) is 9.59 Å². The van der Waals surface area contributed by atoms with Crippen LogP contribution in [0.25, 0.3) is 0 Å². The van der Waals surface area contributed by atoms with Crippen molar-refractivity contribution in [2.45, 2.75) is 43.7 Å². The minimum absolute atomic E-state index is 0.0324. The van der Waals surface area contributed by atoms with Gasteiger partial charge >= 0.3 is 0 Å². The van der Waals surface area contributed by atoms with E-state index < -0.39 is 16.1 Å². The Kier molecular flexibility index (Phi) is 7.92. The fourth-order valence-corrected chi connectivity index (χ4v) is 5.08. The van der Waals surface area contributed by atoms with E-state index in [4.69, 9.17) is 11.6 Å². The van der Waals surface area contributed by atoms with E-state index in [0.29, 0.717) is 36.5 Å². The van der Waals surface area contributed by atoms with Crippen molar-refractivity contribution < 1.29 is 18.0 Å². The number of rotatable bonds is 7. The lowest BCUT2D eigenvalue weighted by atomic mass is 10.00. The van der Waals surface area contributed by atoms with Crippen molar-refractivity contribution in [1.29, 1.82) is 0 Å². The number of likely N-dealkylation sites (tertiary alicyclic amines) is 1. The van der Waals surface area contributed by atoms with Crippen LogP contribution in [0.5, 0.6) is 0 Å². The molecule has 1 aliphatic rings. The first kappa shape index (κ1) is 24.2. The molecule has 2 aromatic carbocycles. The fraction of sp³-hybridized carbons (Fsp3) is 0.391. The van der Waals surface area contributed by atoms with Crippen molar-refractivity contribution in [2.24, 2.45) is 5.92 Å². The van der Waals surface area contributed by atoms with Crippen LogP contribution in [-0.4, -0.2) is 50.3 Å². The maximum Gasteiger partial charge on any atom is 0.251 e. The van der Waals surface area contributed by atoms with Crippen LogP contribution in [0.4, 0.5) is 0 Å². The minimum atomic E-state index is -3.88. The van der Waals surface area contributed by atoms with Gasteiger partial charge in [-0.05, 0) is 55.2 Å². The van der Waals surface area contributed by atoms with E-state index in [1.165, 1.54) is 24.3 Å². The van der Waals surface area contributed by atoms with Gasteiger partial charge in [0.15, 0.2) is 0 Å². The first-order valence-corrected chi connectivity index (χ1v) is 12.5. The molecule has 32 heavy (non-hydrogen) atoms. The average Bonchev–Trinajstić information content (AvgIpc) is 2.78. The topological polar surface area (TPSA) is 95.6 Å². The van der Waals surface area contributed by atoms with E-state index in [1.54, 1.807) is 30.9 Å². The van der Waals surface area contributed by atoms with Crippen LogP contribution < -0.4 is 10.0 Å². The highest BCUT2D eigenvalue weighted by Gasteiger charge is 2.33. The predicted molar refractivity (Wildman–Crippen MR) is 124 cm³/mol. The van der Waals surface area contributed by atoms with Gasteiger partial charge in [0.25, 0.3) is 5.91 Å². The summed E-state index contributed by atoms with van der Waals surface area (Å²) in [4.78, 5) is 27.2. The summed E-state index contributed by atoms with van der Waals surface area (Å²) in [7, 11) is -3.88. The number of amides is 2. The molecular formula is C23H28ClN3O4S. The summed E-state index contributed by atoms with van der Waals surface area (Å²) in [5, 5.41) is 3.44. The van der Waals surface area contributed by atoms with Gasteiger partial charge in [-0.25, -0.2) is 8.42 Å². The molecule has 0 saturated carbocycles. The zero-order valence-corrected chi connectivity index (χ0v) is 19.7. The van der Waals surface area contributed by atoms with Gasteiger partial charge in [0.2, 0.25) is 15.9 Å². The normalized spacial score (nSPS) is 16.1. The van der Waals surface area contributed by atoms with E-state index in [-0.39, 0.29) is 28.7 Å². The fourth-order valence-electron chi connectivity index (χ4n) is 3.62. The minimum Gasteiger partial charge on any atom is -0.349 e. The Morgan fingerprint density at radius 2 is 1.59 bits per heavy atom. The van der Waals surface area contributed by atoms with Crippen LogP contribution in [0.3, 0.4) is 0 Å². The van der Waals surface area contributed by atoms with Gasteiger partial charge in [-0.2, -0.15) is 4.72 Å². The third-order valence-electron chi connectivity index (χ3n) is 5.52. The summed E-state index contributed by atoms with van der Waals surface area (Å²) in [6.45, 7) is 4.51. The van der Waals surface area contributed by atoms with Crippen LogP contribution in [0, 0.1) is 5.92 Å². The van der Waals surface area contributed by atoms with Gasteiger partial charge in [-0.1, -0.05) is 43.6 Å². The van der Waals surface area contributed by atoms with E-state index >= 15 is 0 Å². The largest absolute Gasteiger partial charge is 0.349 e. The maximum absolute atomic E-state index is 13.1. The zero-order valence-electron chi connectivity index (χ0n) is 18.1. The number of carbonyl (C=O) groups excluding carboxylic acids is 2. The summed E-state index contributed by atoms with van der Waals surface area (Å²) in [6, 6.07) is 13.9. The maximum atomic E-state index is 13.1. The number of nitrogens with one attached hydrogen (secondary N) is 2. The molecule has 1 aliphatic heterocycles. The molecule has 2 aromatic rings.